The number of amides is 1. The maximum absolute atomic E-state index is 13.2. The monoisotopic (exact) mass is 407 g/mol. The van der Waals surface area contributed by atoms with E-state index in [1.807, 2.05) is 12.1 Å². The van der Waals surface area contributed by atoms with E-state index in [2.05, 4.69) is 46.1 Å². The maximum atomic E-state index is 13.2. The van der Waals surface area contributed by atoms with E-state index in [4.69, 9.17) is 16.0 Å². The van der Waals surface area contributed by atoms with Crippen molar-refractivity contribution >= 4 is 32.3 Å². The van der Waals surface area contributed by atoms with E-state index in [0.717, 1.165) is 18.4 Å². The Bertz CT molecular complexity index is 773. The number of nitrogens with one attached hydrogen (secondary N) is 1. The Balaban J connectivity index is 1.93. The van der Waals surface area contributed by atoms with Gasteiger partial charge in [0, 0.05) is 16.5 Å². The van der Waals surface area contributed by atoms with E-state index in [-0.39, 0.29) is 35.0 Å². The molecule has 1 aromatic carbocycles. The fraction of sp³-hybridized carbons (Fsp3) is 0.619. The van der Waals surface area contributed by atoms with Crippen molar-refractivity contribution in [3.63, 3.8) is 0 Å². The lowest BCUT2D eigenvalue weighted by atomic mass is 9.60. The van der Waals surface area contributed by atoms with Crippen molar-refractivity contribution in [1.29, 1.82) is 0 Å². The van der Waals surface area contributed by atoms with Gasteiger partial charge in [-0.25, -0.2) is 0 Å². The lowest BCUT2D eigenvalue weighted by molar-refractivity contribution is -0.161. The number of ketones is 1. The zero-order valence-corrected chi connectivity index (χ0v) is 19.0. The second kappa shape index (κ2) is 7.01. The molecule has 0 bridgehead atoms. The highest BCUT2D eigenvalue weighted by molar-refractivity contribution is 6.48. The minimum Gasteiger partial charge on any atom is -0.414 e. The number of fused-ring (bicyclic) bond motifs is 1. The third-order valence-electron chi connectivity index (χ3n) is 6.35. The number of carbonyl (C=O) groups is 2. The molecular weight excluding hydrogens is 378 g/mol. The van der Waals surface area contributed by atoms with Gasteiger partial charge in [-0.05, 0) is 56.0 Å². The van der Waals surface area contributed by atoms with E-state index in [0.29, 0.717) is 10.6 Å². The highest BCUT2D eigenvalue weighted by atomic mass is 35.5. The predicted octanol–water partition coefficient (Wildman–Crippen LogP) is 4.00. The third-order valence-corrected chi connectivity index (χ3v) is 7.54. The van der Waals surface area contributed by atoms with Crippen LogP contribution in [0.25, 0.3) is 0 Å². The Hall–Kier alpha value is -1.17. The van der Waals surface area contributed by atoms with E-state index < -0.39 is 14.6 Å². The van der Waals surface area contributed by atoms with Crippen molar-refractivity contribution in [3.8, 4) is 0 Å². The lowest BCUT2D eigenvalue weighted by Crippen LogP contribution is -2.73. The maximum Gasteiger partial charge on any atom is 0.228 e. The largest absolute Gasteiger partial charge is 0.414 e. The van der Waals surface area contributed by atoms with Crippen molar-refractivity contribution in [3.05, 3.63) is 34.3 Å². The fourth-order valence-corrected chi connectivity index (χ4v) is 6.17. The lowest BCUT2D eigenvalue weighted by Gasteiger charge is -2.56. The highest BCUT2D eigenvalue weighted by Crippen LogP contribution is 2.47. The summed E-state index contributed by atoms with van der Waals surface area (Å²) in [4.78, 5) is 25.9. The predicted molar refractivity (Wildman–Crippen MR) is 111 cm³/mol. The van der Waals surface area contributed by atoms with Crippen molar-refractivity contribution in [2.24, 2.45) is 17.3 Å². The number of Topliss-reactive ketones (excluding diaryl/α,β-unsaturated/α-hetero) is 1. The molecule has 0 radical (unpaired) electrons. The first-order chi connectivity index (χ1) is 12.5. The Morgan fingerprint density at radius 1 is 1.19 bits per heavy atom. The van der Waals surface area contributed by atoms with Gasteiger partial charge < -0.3 is 9.74 Å². The summed E-state index contributed by atoms with van der Waals surface area (Å²) in [7, 11) is -1.39. The summed E-state index contributed by atoms with van der Waals surface area (Å²) in [5.41, 5.74) is 0.932. The summed E-state index contributed by atoms with van der Waals surface area (Å²) in [6.07, 6.45) is 1.57. The number of rotatable bonds is 4. The minimum atomic E-state index is -1.39. The van der Waals surface area contributed by atoms with Gasteiger partial charge in [0.15, 0.2) is 14.8 Å². The summed E-state index contributed by atoms with van der Waals surface area (Å²) in [5, 5.41) is 3.61. The first-order valence-electron chi connectivity index (χ1n) is 9.76. The topological polar surface area (TPSA) is 55.4 Å². The van der Waals surface area contributed by atoms with Crippen LogP contribution in [0.2, 0.25) is 18.1 Å². The van der Waals surface area contributed by atoms with Gasteiger partial charge in [-0.2, -0.15) is 0 Å². The van der Waals surface area contributed by atoms with Crippen molar-refractivity contribution in [2.45, 2.75) is 65.3 Å². The fourth-order valence-electron chi connectivity index (χ4n) is 4.52. The molecule has 1 saturated heterocycles. The standard InChI is InChI=1S/C21H30ClNO3Si/c1-20(2,3)21(4,26-27(5)6)16-17(23-19(16)25)14-10-8-12-7-9-13(22)11-15(12)18(14)24/h7,9,11,14,16-17,27H,8,10H2,1-6H3,(H,23,25)/t14-,16-,17-,21-/m1/s1. The van der Waals surface area contributed by atoms with E-state index in [1.54, 1.807) is 6.07 Å². The second-order valence-corrected chi connectivity index (χ2v) is 12.1. The molecule has 2 aliphatic rings. The molecule has 1 aromatic rings. The molecule has 3 rings (SSSR count). The minimum absolute atomic E-state index is 0.00299. The number of hydrogen-bond acceptors (Lipinski definition) is 3. The summed E-state index contributed by atoms with van der Waals surface area (Å²) in [6.45, 7) is 12.6. The molecule has 1 N–H and O–H groups in total. The highest BCUT2D eigenvalue weighted by Gasteiger charge is 2.60. The molecule has 4 atom stereocenters. The van der Waals surface area contributed by atoms with Crippen LogP contribution in [-0.2, 0) is 15.6 Å². The van der Waals surface area contributed by atoms with Crippen LogP contribution in [0, 0.1) is 17.3 Å². The summed E-state index contributed by atoms with van der Waals surface area (Å²) in [6, 6.07) is 5.35. The first kappa shape index (κ1) is 20.6. The Morgan fingerprint density at radius 2 is 1.85 bits per heavy atom. The van der Waals surface area contributed by atoms with Crippen molar-refractivity contribution in [2.75, 3.05) is 0 Å². The van der Waals surface area contributed by atoms with Crippen LogP contribution in [0.5, 0.6) is 0 Å². The summed E-state index contributed by atoms with van der Waals surface area (Å²) >= 11 is 6.12. The number of benzene rings is 1. The Morgan fingerprint density at radius 3 is 2.41 bits per heavy atom. The van der Waals surface area contributed by atoms with Gasteiger partial charge in [0.1, 0.15) is 0 Å². The van der Waals surface area contributed by atoms with Gasteiger partial charge >= 0.3 is 0 Å². The normalized spacial score (nSPS) is 27.6. The van der Waals surface area contributed by atoms with Crippen molar-refractivity contribution in [1.82, 2.24) is 5.32 Å². The average Bonchev–Trinajstić information content (AvgIpc) is 2.52. The quantitative estimate of drug-likeness (QED) is 0.606. The van der Waals surface area contributed by atoms with E-state index in [1.165, 1.54) is 0 Å². The van der Waals surface area contributed by atoms with Gasteiger partial charge in [0.2, 0.25) is 5.91 Å². The number of carbonyl (C=O) groups excluding carboxylic acids is 2. The molecule has 148 valence electrons. The Kier molecular flexibility index (Phi) is 5.34. The molecule has 1 aliphatic carbocycles. The molecule has 27 heavy (non-hydrogen) atoms. The molecule has 1 fully saturated rings. The molecule has 4 nitrogen and oxygen atoms in total. The molecule has 1 heterocycles. The molecule has 0 unspecified atom stereocenters. The van der Waals surface area contributed by atoms with Gasteiger partial charge in [-0.15, -0.1) is 0 Å². The van der Waals surface area contributed by atoms with Crippen molar-refractivity contribution < 1.29 is 14.0 Å². The van der Waals surface area contributed by atoms with Crippen LogP contribution in [-0.4, -0.2) is 32.4 Å². The van der Waals surface area contributed by atoms with Gasteiger partial charge in [-0.3, -0.25) is 9.59 Å². The molecular formula is C21H30ClNO3Si. The summed E-state index contributed by atoms with van der Waals surface area (Å²) in [5.74, 6) is -0.455. The molecule has 1 aliphatic heterocycles. The first-order valence-corrected chi connectivity index (χ1v) is 12.9. The molecule has 6 heteroatoms. The number of β-lactam (4-membered cyclic amide) rings is 1. The van der Waals surface area contributed by atoms with Crippen LogP contribution >= 0.6 is 11.6 Å². The van der Waals surface area contributed by atoms with E-state index >= 15 is 0 Å². The molecule has 0 saturated carbocycles. The SMILES string of the molecule is C[SiH](C)O[C@](C)([C@H]1C(=O)N[C@@H]1[C@H]1CCc2ccc(Cl)cc2C1=O)C(C)(C)C. The van der Waals surface area contributed by atoms with E-state index in [9.17, 15) is 9.59 Å². The number of hydrogen-bond donors (Lipinski definition) is 1. The van der Waals surface area contributed by atoms with Crippen LogP contribution in [0.15, 0.2) is 18.2 Å². The van der Waals surface area contributed by atoms with Crippen LogP contribution in [0.3, 0.4) is 0 Å². The molecule has 0 spiro atoms. The zero-order valence-electron chi connectivity index (χ0n) is 17.1. The van der Waals surface area contributed by atoms with Gasteiger partial charge in [0.25, 0.3) is 0 Å². The average molecular weight is 408 g/mol. The van der Waals surface area contributed by atoms with Gasteiger partial charge in [-0.1, -0.05) is 38.4 Å². The van der Waals surface area contributed by atoms with Gasteiger partial charge in [0.05, 0.1) is 17.6 Å². The molecule has 1 amide bonds. The summed E-state index contributed by atoms with van der Waals surface area (Å²) < 4.78 is 6.47. The van der Waals surface area contributed by atoms with Crippen LogP contribution < -0.4 is 5.32 Å². The molecule has 0 aromatic heterocycles. The third kappa shape index (κ3) is 3.50. The zero-order chi connectivity index (χ0) is 20.1. The number of halogens is 1. The van der Waals surface area contributed by atoms with Crippen LogP contribution in [0.1, 0.15) is 50.0 Å². The smallest absolute Gasteiger partial charge is 0.228 e. The number of aryl methyl sites for hydroxylation is 1. The second-order valence-electron chi connectivity index (χ2n) is 9.35. The Labute approximate surface area is 168 Å². The van der Waals surface area contributed by atoms with Crippen LogP contribution in [0.4, 0.5) is 0 Å².